The highest BCUT2D eigenvalue weighted by Crippen LogP contribution is 2.44. The molecule has 1 fully saturated rings. The molecule has 1 aromatic heterocycles. The first-order valence-corrected chi connectivity index (χ1v) is 13.4. The van der Waals surface area contributed by atoms with Gasteiger partial charge in [-0.15, -0.1) is 0 Å². The SMILES string of the molecule is CC1CCC(O)[C@H](C)[C@H](c2ccc(NC(=O)c3ncc(C#N)[nH]3)c(C3=CCC(C)(C)CC3)c2)[C@H](C)C1. The molecular weight excluding hydrogens is 448 g/mol. The Hall–Kier alpha value is -2.91. The molecule has 6 heteroatoms. The van der Waals surface area contributed by atoms with E-state index >= 15 is 0 Å². The summed E-state index contributed by atoms with van der Waals surface area (Å²) in [6, 6.07) is 8.35. The van der Waals surface area contributed by atoms with Gasteiger partial charge >= 0.3 is 0 Å². The number of H-pyrrole nitrogens is 1. The molecule has 5 atom stereocenters. The molecule has 0 radical (unpaired) electrons. The van der Waals surface area contributed by atoms with Crippen LogP contribution in [0, 0.1) is 34.5 Å². The van der Waals surface area contributed by atoms with E-state index in [9.17, 15) is 9.90 Å². The normalized spacial score (nSPS) is 28.4. The Kier molecular flexibility index (Phi) is 7.70. The summed E-state index contributed by atoms with van der Waals surface area (Å²) >= 11 is 0. The van der Waals surface area contributed by atoms with Gasteiger partial charge in [-0.1, -0.05) is 46.8 Å². The number of carbonyl (C=O) groups is 1. The van der Waals surface area contributed by atoms with E-state index in [1.807, 2.05) is 12.1 Å². The number of hydrogen-bond donors (Lipinski definition) is 3. The van der Waals surface area contributed by atoms with Crippen molar-refractivity contribution in [2.24, 2.45) is 23.2 Å². The van der Waals surface area contributed by atoms with Crippen LogP contribution in [-0.2, 0) is 0 Å². The van der Waals surface area contributed by atoms with Crippen molar-refractivity contribution in [3.8, 4) is 6.07 Å². The number of nitriles is 1. The maximum Gasteiger partial charge on any atom is 0.291 e. The van der Waals surface area contributed by atoms with E-state index in [0.29, 0.717) is 11.8 Å². The lowest BCUT2D eigenvalue weighted by atomic mass is 9.69. The number of imidazole rings is 1. The highest BCUT2D eigenvalue weighted by Gasteiger charge is 2.34. The van der Waals surface area contributed by atoms with E-state index in [1.54, 1.807) is 0 Å². The summed E-state index contributed by atoms with van der Waals surface area (Å²) in [5, 5.41) is 23.1. The number of amides is 1. The van der Waals surface area contributed by atoms with Crippen LogP contribution in [-0.4, -0.2) is 27.1 Å². The van der Waals surface area contributed by atoms with Crippen LogP contribution in [0.2, 0.25) is 0 Å². The predicted octanol–water partition coefficient (Wildman–Crippen LogP) is 6.66. The molecular formula is C30H40N4O2. The molecule has 2 unspecified atom stereocenters. The molecule has 4 rings (SSSR count). The van der Waals surface area contributed by atoms with E-state index < -0.39 is 0 Å². The predicted molar refractivity (Wildman–Crippen MR) is 143 cm³/mol. The van der Waals surface area contributed by atoms with E-state index in [-0.39, 0.29) is 40.8 Å². The van der Waals surface area contributed by atoms with Crippen molar-refractivity contribution in [1.29, 1.82) is 5.26 Å². The lowest BCUT2D eigenvalue weighted by molar-refractivity contribution is 0.0585. The van der Waals surface area contributed by atoms with Crippen LogP contribution in [0.1, 0.15) is 107 Å². The van der Waals surface area contributed by atoms with Crippen molar-refractivity contribution in [3.63, 3.8) is 0 Å². The van der Waals surface area contributed by atoms with Crippen LogP contribution >= 0.6 is 0 Å². The van der Waals surface area contributed by atoms with E-state index in [0.717, 1.165) is 49.8 Å². The van der Waals surface area contributed by atoms with Crippen molar-refractivity contribution in [2.75, 3.05) is 5.32 Å². The monoisotopic (exact) mass is 488 g/mol. The number of carbonyl (C=O) groups excluding carboxylic acids is 1. The van der Waals surface area contributed by atoms with Crippen LogP contribution < -0.4 is 5.32 Å². The zero-order chi connectivity index (χ0) is 26.0. The van der Waals surface area contributed by atoms with Gasteiger partial charge < -0.3 is 15.4 Å². The third-order valence-electron chi connectivity index (χ3n) is 8.42. The smallest absolute Gasteiger partial charge is 0.291 e. The number of hydrogen-bond acceptors (Lipinski definition) is 4. The first-order valence-electron chi connectivity index (χ1n) is 13.4. The summed E-state index contributed by atoms with van der Waals surface area (Å²) in [5.41, 5.74) is 4.82. The number of aromatic amines is 1. The maximum absolute atomic E-state index is 13.0. The van der Waals surface area contributed by atoms with Crippen LogP contribution in [0.5, 0.6) is 0 Å². The zero-order valence-corrected chi connectivity index (χ0v) is 22.3. The second kappa shape index (κ2) is 10.6. The number of nitrogens with one attached hydrogen (secondary N) is 2. The summed E-state index contributed by atoms with van der Waals surface area (Å²) < 4.78 is 0. The van der Waals surface area contributed by atoms with E-state index in [2.05, 4.69) is 68.1 Å². The molecule has 1 saturated carbocycles. The fourth-order valence-corrected chi connectivity index (χ4v) is 6.15. The number of nitrogens with zero attached hydrogens (tertiary/aromatic N) is 2. The zero-order valence-electron chi connectivity index (χ0n) is 22.3. The van der Waals surface area contributed by atoms with Gasteiger partial charge in [-0.3, -0.25) is 4.79 Å². The highest BCUT2D eigenvalue weighted by molar-refractivity contribution is 6.03. The molecule has 2 aliphatic rings. The first-order chi connectivity index (χ1) is 17.1. The number of anilines is 1. The molecule has 0 aliphatic heterocycles. The van der Waals surface area contributed by atoms with Gasteiger partial charge in [-0.2, -0.15) is 5.26 Å². The van der Waals surface area contributed by atoms with Crippen LogP contribution in [0.4, 0.5) is 5.69 Å². The van der Waals surface area contributed by atoms with Crippen molar-refractivity contribution in [3.05, 3.63) is 53.1 Å². The van der Waals surface area contributed by atoms with Crippen LogP contribution in [0.25, 0.3) is 5.57 Å². The van der Waals surface area contributed by atoms with E-state index in [4.69, 9.17) is 5.26 Å². The molecule has 0 spiro atoms. The minimum absolute atomic E-state index is 0.125. The number of aliphatic hydroxyl groups is 1. The molecule has 1 amide bonds. The summed E-state index contributed by atoms with van der Waals surface area (Å²) in [7, 11) is 0. The topological polar surface area (TPSA) is 102 Å². The van der Waals surface area contributed by atoms with Gasteiger partial charge in [0, 0.05) is 11.3 Å². The number of aromatic nitrogens is 2. The molecule has 2 aromatic rings. The molecule has 3 N–H and O–H groups in total. The molecule has 192 valence electrons. The second-order valence-corrected chi connectivity index (χ2v) is 12.0. The van der Waals surface area contributed by atoms with Crippen molar-refractivity contribution < 1.29 is 9.90 Å². The Balaban J connectivity index is 1.72. The molecule has 6 nitrogen and oxygen atoms in total. The summed E-state index contributed by atoms with van der Waals surface area (Å²) in [5.74, 6) is 1.21. The Bertz CT molecular complexity index is 1170. The largest absolute Gasteiger partial charge is 0.393 e. The summed E-state index contributed by atoms with van der Waals surface area (Å²) in [4.78, 5) is 19.8. The number of allylic oxidation sites excluding steroid dienone is 2. The molecule has 0 bridgehead atoms. The minimum atomic E-state index is -0.362. The van der Waals surface area contributed by atoms with Crippen LogP contribution in [0.15, 0.2) is 30.5 Å². The fraction of sp³-hybridized carbons (Fsp3) is 0.567. The lowest BCUT2D eigenvalue weighted by Crippen LogP contribution is -2.31. The Labute approximate surface area is 215 Å². The third kappa shape index (κ3) is 5.73. The standard InChI is InChI=1S/C30H40N4O2/c1-18-6-9-26(35)20(3)27(19(2)14-18)22-7-8-25(34-29(36)28-32-17-23(16-31)33-28)24(15-22)21-10-12-30(4,5)13-11-21/h7-8,10,15,17-20,26-27,35H,6,9,11-14H2,1-5H3,(H,32,33)(H,34,36)/t18?,19-,20+,26?,27-/m1/s1. The third-order valence-corrected chi connectivity index (χ3v) is 8.42. The highest BCUT2D eigenvalue weighted by atomic mass is 16.3. The number of rotatable bonds is 4. The quantitative estimate of drug-likeness (QED) is 0.447. The molecule has 1 heterocycles. The molecule has 2 aliphatic carbocycles. The number of benzene rings is 1. The van der Waals surface area contributed by atoms with Gasteiger partial charge in [-0.25, -0.2) is 4.98 Å². The average molecular weight is 489 g/mol. The fourth-order valence-electron chi connectivity index (χ4n) is 6.15. The Morgan fingerprint density at radius 2 is 2.03 bits per heavy atom. The maximum atomic E-state index is 13.0. The van der Waals surface area contributed by atoms with Gasteiger partial charge in [-0.05, 0) is 90.9 Å². The van der Waals surface area contributed by atoms with Gasteiger partial charge in [0.15, 0.2) is 5.82 Å². The Morgan fingerprint density at radius 3 is 2.69 bits per heavy atom. The molecule has 0 saturated heterocycles. The van der Waals surface area contributed by atoms with Gasteiger partial charge in [0.1, 0.15) is 11.8 Å². The van der Waals surface area contributed by atoms with Crippen molar-refractivity contribution in [2.45, 2.75) is 85.2 Å². The molecule has 36 heavy (non-hydrogen) atoms. The molecule has 1 aromatic carbocycles. The number of aliphatic hydroxyl groups excluding tert-OH is 1. The average Bonchev–Trinajstić information content (AvgIpc) is 3.32. The van der Waals surface area contributed by atoms with Gasteiger partial charge in [0.25, 0.3) is 5.91 Å². The summed E-state index contributed by atoms with van der Waals surface area (Å²) in [6.45, 7) is 11.4. The minimum Gasteiger partial charge on any atom is -0.393 e. The second-order valence-electron chi connectivity index (χ2n) is 12.0. The van der Waals surface area contributed by atoms with Gasteiger partial charge in [0.2, 0.25) is 0 Å². The van der Waals surface area contributed by atoms with Gasteiger partial charge in [0.05, 0.1) is 12.3 Å². The first kappa shape index (κ1) is 26.2. The lowest BCUT2D eigenvalue weighted by Gasteiger charge is -2.37. The Morgan fingerprint density at radius 1 is 1.25 bits per heavy atom. The van der Waals surface area contributed by atoms with Crippen molar-refractivity contribution >= 4 is 17.2 Å². The van der Waals surface area contributed by atoms with Crippen LogP contribution in [0.3, 0.4) is 0 Å². The van der Waals surface area contributed by atoms with E-state index in [1.165, 1.54) is 17.3 Å². The summed E-state index contributed by atoms with van der Waals surface area (Å²) in [6.07, 6.45) is 9.48. The van der Waals surface area contributed by atoms with Crippen molar-refractivity contribution in [1.82, 2.24) is 9.97 Å².